The largest absolute Gasteiger partial charge is 0.508 e. The van der Waals surface area contributed by atoms with Gasteiger partial charge in [-0.1, -0.05) is 0 Å². The third-order valence-electron chi connectivity index (χ3n) is 6.06. The zero-order chi connectivity index (χ0) is 34.3. The average Bonchev–Trinajstić information content (AvgIpc) is 2.92. The smallest absolute Gasteiger partial charge is 0.342 e. The number of esters is 4. The number of benzene rings is 2. The number of aromatic hydroxyl groups is 4. The Morgan fingerprint density at radius 1 is 0.667 bits per heavy atom. The van der Waals surface area contributed by atoms with E-state index < -0.39 is 104 Å². The van der Waals surface area contributed by atoms with Gasteiger partial charge in [0.15, 0.2) is 11.1 Å². The molecule has 2 atom stereocenters. The Hall–Kier alpha value is -4.37. The van der Waals surface area contributed by atoms with Gasteiger partial charge in [-0.25, -0.2) is 13.8 Å². The zero-order valence-electron chi connectivity index (χ0n) is 25.7. The van der Waals surface area contributed by atoms with Crippen molar-refractivity contribution in [3.8, 4) is 23.0 Å². The quantitative estimate of drug-likeness (QED) is 0.0726. The molecule has 0 saturated heterocycles. The summed E-state index contributed by atoms with van der Waals surface area (Å²) in [5, 5.41) is 40.5. The standard InChI is InChI=1S/C30H38O14S/c1-29(2,3)27(37)43-9-7-41-25(35)20-14-17(31)11-16(23(20)33)12-22(45(39)40)19-13-18(32)15-21(24(19)34)26(36)42-8-10-44-28(38)30(4,5)6/h11,13-15,22,31-34H,7-10,12H2,1-6H3,(H,39,40). The van der Waals surface area contributed by atoms with Crippen molar-refractivity contribution in [3.05, 3.63) is 46.5 Å². The Balaban J connectivity index is 2.26. The van der Waals surface area contributed by atoms with Crippen LogP contribution in [0.4, 0.5) is 0 Å². The van der Waals surface area contributed by atoms with E-state index in [1.165, 1.54) is 0 Å². The summed E-state index contributed by atoms with van der Waals surface area (Å²) in [4.78, 5) is 49.0. The van der Waals surface area contributed by atoms with Gasteiger partial charge in [0.1, 0.15) is 60.6 Å². The SMILES string of the molecule is CC(C)(C)C(=O)OCCOC(=O)c1cc(O)cc(CC(c2cc(O)cc(C(=O)OCCOC(=O)C(C)(C)C)c2O)S(=O)O)c1O. The molecule has 2 aromatic carbocycles. The van der Waals surface area contributed by atoms with Crippen molar-refractivity contribution in [2.24, 2.45) is 10.8 Å². The van der Waals surface area contributed by atoms with E-state index in [4.69, 9.17) is 18.9 Å². The third kappa shape index (κ3) is 10.4. The van der Waals surface area contributed by atoms with Crippen molar-refractivity contribution >= 4 is 35.0 Å². The van der Waals surface area contributed by atoms with Gasteiger partial charge in [-0.3, -0.25) is 9.59 Å². The van der Waals surface area contributed by atoms with Crippen molar-refractivity contribution in [1.29, 1.82) is 0 Å². The molecule has 0 spiro atoms. The number of hydrogen-bond acceptors (Lipinski definition) is 13. The van der Waals surface area contributed by atoms with E-state index in [1.807, 2.05) is 0 Å². The lowest BCUT2D eigenvalue weighted by molar-refractivity contribution is -0.154. The molecule has 248 valence electrons. The van der Waals surface area contributed by atoms with Crippen molar-refractivity contribution < 1.29 is 67.3 Å². The molecule has 0 aromatic heterocycles. The van der Waals surface area contributed by atoms with Crippen LogP contribution in [0.25, 0.3) is 0 Å². The molecule has 14 nitrogen and oxygen atoms in total. The van der Waals surface area contributed by atoms with Gasteiger partial charge < -0.3 is 43.9 Å². The summed E-state index contributed by atoms with van der Waals surface area (Å²) in [5.74, 6) is -5.95. The molecule has 0 saturated carbocycles. The van der Waals surface area contributed by atoms with E-state index in [9.17, 15) is 48.4 Å². The van der Waals surface area contributed by atoms with Crippen LogP contribution in [0.3, 0.4) is 0 Å². The molecule has 0 amide bonds. The number of ether oxygens (including phenoxy) is 4. The second kappa shape index (κ2) is 15.1. The molecule has 2 aromatic rings. The van der Waals surface area contributed by atoms with Gasteiger partial charge in [-0.2, -0.15) is 0 Å². The Morgan fingerprint density at radius 2 is 1.07 bits per heavy atom. The van der Waals surface area contributed by atoms with E-state index >= 15 is 0 Å². The van der Waals surface area contributed by atoms with Crippen LogP contribution in [0.15, 0.2) is 24.3 Å². The third-order valence-corrected chi connectivity index (χ3v) is 6.96. The number of rotatable bonds is 12. The van der Waals surface area contributed by atoms with E-state index in [-0.39, 0.29) is 25.4 Å². The Bertz CT molecular complexity index is 1450. The first-order valence-electron chi connectivity index (χ1n) is 13.6. The van der Waals surface area contributed by atoms with Crippen LogP contribution < -0.4 is 0 Å². The molecule has 0 aliphatic heterocycles. The summed E-state index contributed by atoms with van der Waals surface area (Å²) < 4.78 is 42.5. The predicted molar refractivity (Wildman–Crippen MR) is 158 cm³/mol. The van der Waals surface area contributed by atoms with Crippen LogP contribution in [0, 0.1) is 10.8 Å². The molecular weight excluding hydrogens is 616 g/mol. The van der Waals surface area contributed by atoms with E-state index in [0.29, 0.717) is 0 Å². The number of carbonyl (C=O) groups excluding carboxylic acids is 4. The van der Waals surface area contributed by atoms with Gasteiger partial charge >= 0.3 is 23.9 Å². The molecule has 0 heterocycles. The Kier molecular flexibility index (Phi) is 12.3. The van der Waals surface area contributed by atoms with Crippen LogP contribution in [-0.2, 0) is 46.0 Å². The van der Waals surface area contributed by atoms with Crippen LogP contribution in [0.1, 0.15) is 78.6 Å². The highest BCUT2D eigenvalue weighted by molar-refractivity contribution is 7.79. The summed E-state index contributed by atoms with van der Waals surface area (Å²) in [5.41, 5.74) is -3.26. The zero-order valence-corrected chi connectivity index (χ0v) is 26.6. The first kappa shape index (κ1) is 36.8. The van der Waals surface area contributed by atoms with Crippen LogP contribution in [-0.4, -0.2) is 79.5 Å². The van der Waals surface area contributed by atoms with Crippen molar-refractivity contribution in [2.75, 3.05) is 26.4 Å². The minimum Gasteiger partial charge on any atom is -0.508 e. The van der Waals surface area contributed by atoms with Gasteiger partial charge in [-0.15, -0.1) is 0 Å². The van der Waals surface area contributed by atoms with E-state index in [2.05, 4.69) is 0 Å². The maximum Gasteiger partial charge on any atom is 0.342 e. The first-order chi connectivity index (χ1) is 20.7. The van der Waals surface area contributed by atoms with E-state index in [1.54, 1.807) is 41.5 Å². The van der Waals surface area contributed by atoms with Crippen LogP contribution in [0.2, 0.25) is 0 Å². The second-order valence-corrected chi connectivity index (χ2v) is 13.1. The molecule has 45 heavy (non-hydrogen) atoms. The van der Waals surface area contributed by atoms with Gasteiger partial charge in [0.25, 0.3) is 0 Å². The number of phenolic OH excluding ortho intramolecular Hbond substituents is 4. The highest BCUT2D eigenvalue weighted by atomic mass is 32.2. The summed E-state index contributed by atoms with van der Waals surface area (Å²) >= 11 is -2.80. The van der Waals surface area contributed by atoms with Gasteiger partial charge in [0.2, 0.25) is 0 Å². The lowest BCUT2D eigenvalue weighted by Crippen LogP contribution is -2.25. The van der Waals surface area contributed by atoms with Crippen molar-refractivity contribution in [2.45, 2.75) is 53.2 Å². The summed E-state index contributed by atoms with van der Waals surface area (Å²) in [7, 11) is 0. The maximum absolute atomic E-state index is 12.7. The normalized spacial score (nSPS) is 13.0. The molecule has 2 rings (SSSR count). The molecular formula is C30H38O14S. The molecule has 15 heteroatoms. The van der Waals surface area contributed by atoms with Crippen molar-refractivity contribution in [3.63, 3.8) is 0 Å². The highest BCUT2D eigenvalue weighted by Crippen LogP contribution is 2.39. The minimum absolute atomic E-state index is 0.221. The Labute approximate surface area is 262 Å². The van der Waals surface area contributed by atoms with Crippen LogP contribution in [0.5, 0.6) is 23.0 Å². The molecule has 0 fully saturated rings. The van der Waals surface area contributed by atoms with Crippen LogP contribution >= 0.6 is 0 Å². The Morgan fingerprint density at radius 3 is 1.49 bits per heavy atom. The average molecular weight is 655 g/mol. The van der Waals surface area contributed by atoms with E-state index in [0.717, 1.165) is 24.3 Å². The number of phenols is 4. The van der Waals surface area contributed by atoms with Gasteiger partial charge in [0, 0.05) is 11.1 Å². The lowest BCUT2D eigenvalue weighted by atomic mass is 9.97. The molecule has 0 aliphatic rings. The molecule has 0 radical (unpaired) electrons. The topological polar surface area (TPSA) is 223 Å². The van der Waals surface area contributed by atoms with Crippen molar-refractivity contribution in [1.82, 2.24) is 0 Å². The number of hydrogen-bond donors (Lipinski definition) is 5. The lowest BCUT2D eigenvalue weighted by Gasteiger charge is -2.19. The number of carbonyl (C=O) groups is 4. The second-order valence-electron chi connectivity index (χ2n) is 11.9. The molecule has 5 N–H and O–H groups in total. The fourth-order valence-corrected chi connectivity index (χ4v) is 4.37. The predicted octanol–water partition coefficient (Wildman–Crippen LogP) is 3.51. The summed E-state index contributed by atoms with van der Waals surface area (Å²) in [6.45, 7) is 8.48. The molecule has 2 unspecified atom stereocenters. The monoisotopic (exact) mass is 654 g/mol. The fourth-order valence-electron chi connectivity index (χ4n) is 3.65. The fraction of sp³-hybridized carbons (Fsp3) is 0.467. The molecule has 0 bridgehead atoms. The maximum atomic E-state index is 12.7. The summed E-state index contributed by atoms with van der Waals surface area (Å²) in [6, 6.07) is 3.68. The molecule has 0 aliphatic carbocycles. The highest BCUT2D eigenvalue weighted by Gasteiger charge is 2.30. The van der Waals surface area contributed by atoms with Gasteiger partial charge in [-0.05, 0) is 72.2 Å². The minimum atomic E-state index is -2.80. The first-order valence-corrected chi connectivity index (χ1v) is 14.8. The van der Waals surface area contributed by atoms with Gasteiger partial charge in [0.05, 0.1) is 16.1 Å². The summed E-state index contributed by atoms with van der Waals surface area (Å²) in [6.07, 6.45) is -0.582.